The molecule has 2 aromatic carbocycles. The highest BCUT2D eigenvalue weighted by atomic mass is 35.5. The van der Waals surface area contributed by atoms with Crippen LogP contribution in [-0.2, 0) is 22.7 Å². The number of nitrogens with zero attached hydrogens (tertiary/aromatic N) is 1. The average Bonchev–Trinajstić information content (AvgIpc) is 3.09. The SMILES string of the molecule is CC(NC(=O)NCc1ccc2c(c1)CN(C1CCC(=O)NC1=O)C2=O)c1ccc(Cl)c(Cl)c1. The third-order valence-electron chi connectivity index (χ3n) is 5.83. The molecule has 3 N–H and O–H groups in total. The van der Waals surface area contributed by atoms with E-state index in [-0.39, 0.29) is 43.4 Å². The molecule has 2 aliphatic heterocycles. The van der Waals surface area contributed by atoms with Crippen LogP contribution in [0.3, 0.4) is 0 Å². The van der Waals surface area contributed by atoms with Crippen LogP contribution < -0.4 is 16.0 Å². The van der Waals surface area contributed by atoms with Gasteiger partial charge in [0.05, 0.1) is 16.1 Å². The topological polar surface area (TPSA) is 108 Å². The molecule has 0 spiro atoms. The van der Waals surface area contributed by atoms with E-state index in [1.807, 2.05) is 13.0 Å². The van der Waals surface area contributed by atoms with Crippen LogP contribution in [0.5, 0.6) is 0 Å². The number of urea groups is 1. The predicted molar refractivity (Wildman–Crippen MR) is 123 cm³/mol. The highest BCUT2D eigenvalue weighted by molar-refractivity contribution is 6.42. The second-order valence-corrected chi connectivity index (χ2v) is 8.93. The van der Waals surface area contributed by atoms with Gasteiger partial charge in [-0.3, -0.25) is 19.7 Å². The fourth-order valence-electron chi connectivity index (χ4n) is 4.03. The number of benzene rings is 2. The lowest BCUT2D eigenvalue weighted by Gasteiger charge is -2.29. The Kier molecular flexibility index (Phi) is 6.58. The zero-order chi connectivity index (χ0) is 23.7. The maximum Gasteiger partial charge on any atom is 0.315 e. The molecule has 1 fully saturated rings. The summed E-state index contributed by atoms with van der Waals surface area (Å²) in [5.74, 6) is -0.991. The van der Waals surface area contributed by atoms with Crippen molar-refractivity contribution in [1.29, 1.82) is 0 Å². The zero-order valence-electron chi connectivity index (χ0n) is 17.8. The fourth-order valence-corrected chi connectivity index (χ4v) is 4.34. The van der Waals surface area contributed by atoms with Crippen molar-refractivity contribution in [3.05, 3.63) is 68.7 Å². The Labute approximate surface area is 200 Å². The van der Waals surface area contributed by atoms with Gasteiger partial charge in [0, 0.05) is 25.1 Å². The third kappa shape index (κ3) is 4.96. The maximum absolute atomic E-state index is 12.8. The number of amides is 5. The number of fused-ring (bicyclic) bond motifs is 1. The quantitative estimate of drug-likeness (QED) is 0.561. The minimum absolute atomic E-state index is 0.210. The first-order valence-corrected chi connectivity index (χ1v) is 11.2. The molecule has 2 aliphatic rings. The van der Waals surface area contributed by atoms with E-state index in [1.54, 1.807) is 30.3 Å². The number of carbonyl (C=O) groups excluding carboxylic acids is 4. The number of carbonyl (C=O) groups is 4. The molecule has 5 amide bonds. The molecule has 0 radical (unpaired) electrons. The summed E-state index contributed by atoms with van der Waals surface area (Å²) in [6.07, 6.45) is 0.525. The minimum atomic E-state index is -0.655. The predicted octanol–water partition coefficient (Wildman–Crippen LogP) is 3.31. The van der Waals surface area contributed by atoms with Gasteiger partial charge in [0.15, 0.2) is 0 Å². The van der Waals surface area contributed by atoms with Crippen molar-refractivity contribution >= 4 is 47.0 Å². The lowest BCUT2D eigenvalue weighted by Crippen LogP contribution is -2.52. The molecule has 10 heteroatoms. The number of rotatable bonds is 5. The van der Waals surface area contributed by atoms with Gasteiger partial charge in [0.2, 0.25) is 11.8 Å². The van der Waals surface area contributed by atoms with Crippen LogP contribution in [0, 0.1) is 0 Å². The molecule has 2 aromatic rings. The van der Waals surface area contributed by atoms with E-state index >= 15 is 0 Å². The van der Waals surface area contributed by atoms with Gasteiger partial charge in [-0.1, -0.05) is 41.4 Å². The smallest absolute Gasteiger partial charge is 0.315 e. The van der Waals surface area contributed by atoms with Crippen LogP contribution >= 0.6 is 23.2 Å². The van der Waals surface area contributed by atoms with Gasteiger partial charge in [-0.05, 0) is 48.2 Å². The summed E-state index contributed by atoms with van der Waals surface area (Å²) in [7, 11) is 0. The normalized spacial score (nSPS) is 18.6. The lowest BCUT2D eigenvalue weighted by atomic mass is 10.0. The van der Waals surface area contributed by atoms with Crippen molar-refractivity contribution in [3.63, 3.8) is 0 Å². The Morgan fingerprint density at radius 1 is 1.15 bits per heavy atom. The largest absolute Gasteiger partial charge is 0.334 e. The van der Waals surface area contributed by atoms with E-state index in [4.69, 9.17) is 23.2 Å². The third-order valence-corrected chi connectivity index (χ3v) is 6.57. The molecule has 2 atom stereocenters. The lowest BCUT2D eigenvalue weighted by molar-refractivity contribution is -0.136. The van der Waals surface area contributed by atoms with Gasteiger partial charge in [0.25, 0.3) is 5.91 Å². The Bertz CT molecular complexity index is 1150. The maximum atomic E-state index is 12.8. The van der Waals surface area contributed by atoms with Crippen LogP contribution in [0.1, 0.15) is 52.9 Å². The van der Waals surface area contributed by atoms with Crippen molar-refractivity contribution in [3.8, 4) is 0 Å². The molecule has 33 heavy (non-hydrogen) atoms. The van der Waals surface area contributed by atoms with E-state index in [2.05, 4.69) is 16.0 Å². The monoisotopic (exact) mass is 488 g/mol. The van der Waals surface area contributed by atoms with Gasteiger partial charge in [-0.2, -0.15) is 0 Å². The molecular weight excluding hydrogens is 467 g/mol. The van der Waals surface area contributed by atoms with Crippen LogP contribution in [0.25, 0.3) is 0 Å². The molecule has 0 saturated carbocycles. The highest BCUT2D eigenvalue weighted by Crippen LogP contribution is 2.28. The Balaban J connectivity index is 1.35. The average molecular weight is 489 g/mol. The summed E-state index contributed by atoms with van der Waals surface area (Å²) in [6.45, 7) is 2.39. The summed E-state index contributed by atoms with van der Waals surface area (Å²) < 4.78 is 0. The number of halogens is 2. The Morgan fingerprint density at radius 2 is 1.94 bits per heavy atom. The molecule has 2 heterocycles. The van der Waals surface area contributed by atoms with E-state index in [0.717, 1.165) is 16.7 Å². The summed E-state index contributed by atoms with van der Waals surface area (Å²) in [4.78, 5) is 50.2. The van der Waals surface area contributed by atoms with E-state index in [0.29, 0.717) is 22.0 Å². The van der Waals surface area contributed by atoms with Crippen LogP contribution in [0.2, 0.25) is 10.0 Å². The van der Waals surface area contributed by atoms with Gasteiger partial charge in [-0.15, -0.1) is 0 Å². The summed E-state index contributed by atoms with van der Waals surface area (Å²) >= 11 is 12.0. The summed E-state index contributed by atoms with van der Waals surface area (Å²) in [5.41, 5.74) is 2.96. The number of nitrogens with one attached hydrogen (secondary N) is 3. The fraction of sp³-hybridized carbons (Fsp3) is 0.304. The van der Waals surface area contributed by atoms with Gasteiger partial charge >= 0.3 is 6.03 Å². The van der Waals surface area contributed by atoms with E-state index < -0.39 is 11.9 Å². The number of hydrogen-bond donors (Lipinski definition) is 3. The van der Waals surface area contributed by atoms with Gasteiger partial charge < -0.3 is 15.5 Å². The molecule has 172 valence electrons. The molecule has 0 aromatic heterocycles. The van der Waals surface area contributed by atoms with E-state index in [9.17, 15) is 19.2 Å². The Hall–Kier alpha value is -3.10. The molecule has 2 unspecified atom stereocenters. The van der Waals surface area contributed by atoms with Crippen LogP contribution in [0.4, 0.5) is 4.79 Å². The van der Waals surface area contributed by atoms with Gasteiger partial charge in [-0.25, -0.2) is 4.79 Å². The molecule has 0 aliphatic carbocycles. The van der Waals surface area contributed by atoms with Crippen LogP contribution in [-0.4, -0.2) is 34.7 Å². The zero-order valence-corrected chi connectivity index (χ0v) is 19.3. The number of piperidine rings is 1. The molecule has 1 saturated heterocycles. The van der Waals surface area contributed by atoms with Gasteiger partial charge in [0.1, 0.15) is 6.04 Å². The first-order chi connectivity index (χ1) is 15.7. The highest BCUT2D eigenvalue weighted by Gasteiger charge is 2.39. The Morgan fingerprint density at radius 3 is 2.67 bits per heavy atom. The van der Waals surface area contributed by atoms with Crippen molar-refractivity contribution in [2.45, 2.75) is 44.9 Å². The summed E-state index contributed by atoms with van der Waals surface area (Å²) in [5, 5.41) is 8.81. The van der Waals surface area contributed by atoms with E-state index in [1.165, 1.54) is 4.90 Å². The van der Waals surface area contributed by atoms with Crippen molar-refractivity contribution in [2.75, 3.05) is 0 Å². The second-order valence-electron chi connectivity index (χ2n) is 8.11. The van der Waals surface area contributed by atoms with Crippen LogP contribution in [0.15, 0.2) is 36.4 Å². The van der Waals surface area contributed by atoms with Crippen molar-refractivity contribution in [2.24, 2.45) is 0 Å². The molecule has 4 rings (SSSR count). The summed E-state index contributed by atoms with van der Waals surface area (Å²) in [6, 6.07) is 9.23. The first-order valence-electron chi connectivity index (χ1n) is 10.5. The first kappa shape index (κ1) is 23.1. The van der Waals surface area contributed by atoms with Crippen molar-refractivity contribution < 1.29 is 19.2 Å². The minimum Gasteiger partial charge on any atom is -0.334 e. The van der Waals surface area contributed by atoms with Crippen molar-refractivity contribution in [1.82, 2.24) is 20.9 Å². The second kappa shape index (κ2) is 9.41. The number of imide groups is 1. The molecule has 8 nitrogen and oxygen atoms in total. The number of hydrogen-bond acceptors (Lipinski definition) is 4. The molecule has 0 bridgehead atoms. The standard InChI is InChI=1S/C23H22Cl2N4O4/c1-12(14-3-5-17(24)18(25)9-14)27-23(33)26-10-13-2-4-16-15(8-13)11-29(22(16)32)19-6-7-20(30)28-21(19)31/h2-5,8-9,12,19H,6-7,10-11H2,1H3,(H2,26,27,33)(H,28,30,31). The molecular formula is C23H22Cl2N4O4.